The number of nitrogens with one attached hydrogen (secondary N) is 2. The summed E-state index contributed by atoms with van der Waals surface area (Å²) in [6.07, 6.45) is 3.82. The molecule has 1 heterocycles. The fourth-order valence-electron chi connectivity index (χ4n) is 2.78. The molecule has 0 aliphatic carbocycles. The smallest absolute Gasteiger partial charge is 0.191 e. The molecule has 0 fully saturated rings. The number of hydrogen-bond donors (Lipinski definition) is 2. The normalized spacial score (nSPS) is 11.3. The topological polar surface area (TPSA) is 63.5 Å². The van der Waals surface area contributed by atoms with Gasteiger partial charge < -0.3 is 19.9 Å². The number of aliphatic imine (C=N–C) groups is 1. The maximum absolute atomic E-state index is 5.26. The van der Waals surface area contributed by atoms with Crippen molar-refractivity contribution in [1.29, 1.82) is 0 Å². The van der Waals surface area contributed by atoms with Crippen LogP contribution in [0.3, 0.4) is 0 Å². The maximum atomic E-state index is 5.26. The van der Waals surface area contributed by atoms with Gasteiger partial charge in [-0.1, -0.05) is 42.5 Å². The summed E-state index contributed by atoms with van der Waals surface area (Å²) in [5, 5.41) is 6.64. The molecule has 3 aromatic rings. The minimum atomic E-state index is 0.595. The summed E-state index contributed by atoms with van der Waals surface area (Å²) in [5.74, 6) is 2.54. The van der Waals surface area contributed by atoms with Crippen LogP contribution in [-0.2, 0) is 19.6 Å². The Morgan fingerprint density at radius 1 is 1.04 bits per heavy atom. The molecule has 0 aliphatic heterocycles. The van der Waals surface area contributed by atoms with Crippen LogP contribution in [0.15, 0.2) is 72.0 Å². The predicted octanol–water partition coefficient (Wildman–Crippen LogP) is 2.81. The summed E-state index contributed by atoms with van der Waals surface area (Å²) in [4.78, 5) is 8.75. The van der Waals surface area contributed by atoms with Crippen LogP contribution in [0.5, 0.6) is 5.75 Å². The number of aromatic nitrogens is 2. The molecule has 140 valence electrons. The van der Waals surface area contributed by atoms with E-state index in [1.165, 1.54) is 5.56 Å². The van der Waals surface area contributed by atoms with Crippen LogP contribution in [-0.4, -0.2) is 29.7 Å². The minimum absolute atomic E-state index is 0.595. The van der Waals surface area contributed by atoms with Crippen LogP contribution < -0.4 is 15.4 Å². The average molecular weight is 363 g/mol. The second-order valence-electron chi connectivity index (χ2n) is 6.09. The zero-order valence-corrected chi connectivity index (χ0v) is 15.7. The maximum Gasteiger partial charge on any atom is 0.191 e. The number of methoxy groups -OCH3 is 1. The molecule has 3 rings (SSSR count). The van der Waals surface area contributed by atoms with E-state index in [0.717, 1.165) is 29.6 Å². The van der Waals surface area contributed by atoms with Crippen molar-refractivity contribution in [3.8, 4) is 5.75 Å². The van der Waals surface area contributed by atoms with Crippen LogP contribution >= 0.6 is 0 Å². The summed E-state index contributed by atoms with van der Waals surface area (Å²) in [6, 6.07) is 18.3. The molecule has 0 bridgehead atoms. The molecule has 6 heteroatoms. The molecule has 1 aromatic heterocycles. The first-order valence-corrected chi connectivity index (χ1v) is 8.90. The molecule has 0 radical (unpaired) electrons. The number of ether oxygens (including phenoxy) is 1. The molecular formula is C21H25N5O. The van der Waals surface area contributed by atoms with Gasteiger partial charge >= 0.3 is 0 Å². The summed E-state index contributed by atoms with van der Waals surface area (Å²) < 4.78 is 7.40. The molecular weight excluding hydrogens is 338 g/mol. The fourth-order valence-corrected chi connectivity index (χ4v) is 2.78. The second kappa shape index (κ2) is 9.43. The Kier molecular flexibility index (Phi) is 6.46. The minimum Gasteiger partial charge on any atom is -0.497 e. The van der Waals surface area contributed by atoms with Crippen LogP contribution in [0.1, 0.15) is 17.0 Å². The Labute approximate surface area is 159 Å². The molecule has 0 atom stereocenters. The van der Waals surface area contributed by atoms with E-state index >= 15 is 0 Å². The third kappa shape index (κ3) is 5.34. The largest absolute Gasteiger partial charge is 0.497 e. The van der Waals surface area contributed by atoms with Gasteiger partial charge in [0.25, 0.3) is 0 Å². The van der Waals surface area contributed by atoms with Gasteiger partial charge in [-0.3, -0.25) is 4.99 Å². The van der Waals surface area contributed by atoms with E-state index in [9.17, 15) is 0 Å². The lowest BCUT2D eigenvalue weighted by molar-refractivity contribution is 0.414. The van der Waals surface area contributed by atoms with Crippen molar-refractivity contribution in [1.82, 2.24) is 20.2 Å². The Morgan fingerprint density at radius 3 is 2.59 bits per heavy atom. The SMILES string of the molecule is CN=C(NCc1cccc(OC)c1)NCc1nccn1Cc1ccccc1. The molecule has 6 nitrogen and oxygen atoms in total. The van der Waals surface area contributed by atoms with Crippen molar-refractivity contribution >= 4 is 5.96 Å². The van der Waals surface area contributed by atoms with Crippen molar-refractivity contribution < 1.29 is 4.74 Å². The zero-order chi connectivity index (χ0) is 18.9. The highest BCUT2D eigenvalue weighted by molar-refractivity contribution is 5.79. The lowest BCUT2D eigenvalue weighted by Gasteiger charge is -2.13. The summed E-state index contributed by atoms with van der Waals surface area (Å²) in [7, 11) is 3.43. The monoisotopic (exact) mass is 363 g/mol. The van der Waals surface area contributed by atoms with Gasteiger partial charge in [0.1, 0.15) is 11.6 Å². The second-order valence-corrected chi connectivity index (χ2v) is 6.09. The Balaban J connectivity index is 1.55. The van der Waals surface area contributed by atoms with Gasteiger partial charge in [0.2, 0.25) is 0 Å². The molecule has 0 aliphatic rings. The van der Waals surface area contributed by atoms with Crippen molar-refractivity contribution in [3.63, 3.8) is 0 Å². The van der Waals surface area contributed by atoms with E-state index in [1.807, 2.05) is 36.7 Å². The van der Waals surface area contributed by atoms with E-state index in [4.69, 9.17) is 4.74 Å². The first kappa shape index (κ1) is 18.5. The summed E-state index contributed by atoms with van der Waals surface area (Å²) >= 11 is 0. The number of guanidine groups is 1. The number of rotatable bonds is 7. The molecule has 2 N–H and O–H groups in total. The van der Waals surface area contributed by atoms with Crippen LogP contribution in [0.25, 0.3) is 0 Å². The van der Waals surface area contributed by atoms with Crippen molar-refractivity contribution in [3.05, 3.63) is 83.9 Å². The Bertz CT molecular complexity index is 873. The van der Waals surface area contributed by atoms with Crippen LogP contribution in [0.2, 0.25) is 0 Å². The lowest BCUT2D eigenvalue weighted by atomic mass is 10.2. The van der Waals surface area contributed by atoms with Gasteiger partial charge in [-0.25, -0.2) is 4.98 Å². The molecule has 27 heavy (non-hydrogen) atoms. The van der Waals surface area contributed by atoms with E-state index in [2.05, 4.69) is 55.5 Å². The van der Waals surface area contributed by atoms with Gasteiger partial charge in [-0.05, 0) is 23.3 Å². The lowest BCUT2D eigenvalue weighted by Crippen LogP contribution is -2.37. The summed E-state index contributed by atoms with van der Waals surface area (Å²) in [5.41, 5.74) is 2.38. The van der Waals surface area contributed by atoms with Crippen molar-refractivity contribution in [2.45, 2.75) is 19.6 Å². The van der Waals surface area contributed by atoms with Gasteiger partial charge in [0.15, 0.2) is 5.96 Å². The zero-order valence-electron chi connectivity index (χ0n) is 15.7. The molecule has 0 unspecified atom stereocenters. The molecule has 0 spiro atoms. The molecule has 2 aromatic carbocycles. The first-order chi connectivity index (χ1) is 13.3. The number of benzene rings is 2. The fraction of sp³-hybridized carbons (Fsp3) is 0.238. The Morgan fingerprint density at radius 2 is 1.81 bits per heavy atom. The number of imidazole rings is 1. The van der Waals surface area contributed by atoms with Crippen molar-refractivity contribution in [2.24, 2.45) is 4.99 Å². The quantitative estimate of drug-likeness (QED) is 0.500. The average Bonchev–Trinajstić information content (AvgIpc) is 3.16. The first-order valence-electron chi connectivity index (χ1n) is 8.90. The highest BCUT2D eigenvalue weighted by atomic mass is 16.5. The van der Waals surface area contributed by atoms with E-state index < -0.39 is 0 Å². The van der Waals surface area contributed by atoms with E-state index in [1.54, 1.807) is 14.2 Å². The van der Waals surface area contributed by atoms with Crippen LogP contribution in [0.4, 0.5) is 0 Å². The van der Waals surface area contributed by atoms with Crippen molar-refractivity contribution in [2.75, 3.05) is 14.2 Å². The Hall–Kier alpha value is -3.28. The predicted molar refractivity (Wildman–Crippen MR) is 108 cm³/mol. The molecule has 0 amide bonds. The highest BCUT2D eigenvalue weighted by Crippen LogP contribution is 2.12. The van der Waals surface area contributed by atoms with E-state index in [-0.39, 0.29) is 0 Å². The van der Waals surface area contributed by atoms with Gasteiger partial charge in [0.05, 0.1) is 13.7 Å². The standard InChI is InChI=1S/C21H25N5O/c1-22-21(24-14-18-9-6-10-19(13-18)27-2)25-15-20-23-11-12-26(20)16-17-7-4-3-5-8-17/h3-13H,14-16H2,1-2H3,(H2,22,24,25). The third-order valence-electron chi connectivity index (χ3n) is 4.23. The third-order valence-corrected chi connectivity index (χ3v) is 4.23. The van der Waals surface area contributed by atoms with E-state index in [0.29, 0.717) is 13.1 Å². The number of nitrogens with zero attached hydrogens (tertiary/aromatic N) is 3. The van der Waals surface area contributed by atoms with Gasteiger partial charge in [-0.15, -0.1) is 0 Å². The highest BCUT2D eigenvalue weighted by Gasteiger charge is 2.05. The number of hydrogen-bond acceptors (Lipinski definition) is 3. The summed E-state index contributed by atoms with van der Waals surface area (Å²) in [6.45, 7) is 2.06. The van der Waals surface area contributed by atoms with Crippen LogP contribution in [0, 0.1) is 0 Å². The van der Waals surface area contributed by atoms with Gasteiger partial charge in [0, 0.05) is 32.5 Å². The molecule has 0 saturated heterocycles. The van der Waals surface area contributed by atoms with Gasteiger partial charge in [-0.2, -0.15) is 0 Å². The molecule has 0 saturated carbocycles.